The molecule has 6 rings (SSSR count). The summed E-state index contributed by atoms with van der Waals surface area (Å²) in [5, 5.41) is 3.98. The van der Waals surface area contributed by atoms with Gasteiger partial charge in [-0.05, 0) is 74.3 Å². The quantitative estimate of drug-likeness (QED) is 0.611. The van der Waals surface area contributed by atoms with Crippen molar-refractivity contribution >= 4 is 28.6 Å². The number of pyridine rings is 1. The number of rotatable bonds is 5. The molecule has 4 aliphatic rings. The fourth-order valence-electron chi connectivity index (χ4n) is 6.67. The second kappa shape index (κ2) is 8.43. The van der Waals surface area contributed by atoms with E-state index in [-0.39, 0.29) is 22.9 Å². The van der Waals surface area contributed by atoms with Gasteiger partial charge < -0.3 is 5.32 Å². The van der Waals surface area contributed by atoms with E-state index < -0.39 is 17.9 Å². The number of benzene rings is 1. The molecule has 0 saturated heterocycles. The zero-order chi connectivity index (χ0) is 23.2. The lowest BCUT2D eigenvalue weighted by Gasteiger charge is -2.55. The Morgan fingerprint density at radius 2 is 1.55 bits per heavy atom. The lowest BCUT2D eigenvalue weighted by molar-refractivity contribution is -0.149. The van der Waals surface area contributed by atoms with Gasteiger partial charge in [0, 0.05) is 10.8 Å². The second-order valence-electron chi connectivity index (χ2n) is 10.7. The van der Waals surface area contributed by atoms with Crippen LogP contribution in [0.4, 0.5) is 0 Å². The van der Waals surface area contributed by atoms with Crippen LogP contribution in [0.5, 0.6) is 0 Å². The number of hydrogen-bond acceptors (Lipinski definition) is 4. The van der Waals surface area contributed by atoms with Crippen molar-refractivity contribution in [2.24, 2.45) is 29.1 Å². The van der Waals surface area contributed by atoms with Gasteiger partial charge in [0.1, 0.15) is 11.7 Å². The molecule has 174 valence electrons. The largest absolute Gasteiger partial charge is 0.344 e. The smallest absolute Gasteiger partial charge is 0.288 e. The Hall–Kier alpha value is -2.96. The van der Waals surface area contributed by atoms with E-state index >= 15 is 0 Å². The number of nitrogens with one attached hydrogen (secondary N) is 3. The SMILES string of the molecule is CC(C)C(NC(=O)C12CC3CC(CC(C3)C1)C2)C(=O)NNC(=O)c1ccc2ccccc2n1. The van der Waals surface area contributed by atoms with Crippen LogP contribution in [0.25, 0.3) is 10.9 Å². The fraction of sp³-hybridized carbons (Fsp3) is 0.538. The molecule has 4 aliphatic carbocycles. The Morgan fingerprint density at radius 3 is 2.18 bits per heavy atom. The number of carbonyl (C=O) groups excluding carboxylic acids is 3. The monoisotopic (exact) mass is 448 g/mol. The molecule has 7 nitrogen and oxygen atoms in total. The first-order valence-electron chi connectivity index (χ1n) is 12.1. The van der Waals surface area contributed by atoms with E-state index in [0.29, 0.717) is 23.3 Å². The van der Waals surface area contributed by atoms with E-state index in [1.165, 1.54) is 19.3 Å². The second-order valence-corrected chi connectivity index (χ2v) is 10.7. The standard InChI is InChI=1S/C26H32N4O3/c1-15(2)22(28-25(33)26-12-16-9-17(13-26)11-18(10-16)14-26)24(32)30-29-23(31)21-8-7-19-5-3-4-6-20(19)27-21/h3-8,15-18,22H,9-14H2,1-2H3,(H,28,33)(H,29,31)(H,30,32). The normalized spacial score (nSPS) is 28.5. The van der Waals surface area contributed by atoms with Gasteiger partial charge >= 0.3 is 0 Å². The summed E-state index contributed by atoms with van der Waals surface area (Å²) in [7, 11) is 0. The summed E-state index contributed by atoms with van der Waals surface area (Å²) in [5.74, 6) is 0.948. The van der Waals surface area contributed by atoms with E-state index in [0.717, 1.165) is 24.6 Å². The van der Waals surface area contributed by atoms with Crippen LogP contribution in [0.3, 0.4) is 0 Å². The van der Waals surface area contributed by atoms with Crippen molar-refractivity contribution < 1.29 is 14.4 Å². The van der Waals surface area contributed by atoms with Crippen LogP contribution in [-0.2, 0) is 9.59 Å². The number of carbonyl (C=O) groups is 3. The molecule has 33 heavy (non-hydrogen) atoms. The zero-order valence-corrected chi connectivity index (χ0v) is 19.3. The first-order chi connectivity index (χ1) is 15.8. The zero-order valence-electron chi connectivity index (χ0n) is 19.3. The number of aromatic nitrogens is 1. The number of fused-ring (bicyclic) bond motifs is 1. The van der Waals surface area contributed by atoms with Gasteiger partial charge in [-0.15, -0.1) is 0 Å². The summed E-state index contributed by atoms with van der Waals surface area (Å²) < 4.78 is 0. The maximum Gasteiger partial charge on any atom is 0.288 e. The Labute approximate surface area is 194 Å². The number of nitrogens with zero attached hydrogens (tertiary/aromatic N) is 1. The van der Waals surface area contributed by atoms with Gasteiger partial charge in [-0.1, -0.05) is 38.1 Å². The molecule has 4 fully saturated rings. The highest BCUT2D eigenvalue weighted by Crippen LogP contribution is 2.60. The summed E-state index contributed by atoms with van der Waals surface area (Å²) in [6.45, 7) is 3.80. The molecule has 1 aromatic carbocycles. The van der Waals surface area contributed by atoms with Gasteiger partial charge in [-0.3, -0.25) is 25.2 Å². The maximum atomic E-state index is 13.4. The first-order valence-corrected chi connectivity index (χ1v) is 12.1. The van der Waals surface area contributed by atoms with E-state index in [1.807, 2.05) is 44.2 Å². The molecule has 4 bridgehead atoms. The van der Waals surface area contributed by atoms with E-state index in [1.54, 1.807) is 6.07 Å². The molecular formula is C26H32N4O3. The molecule has 1 atom stereocenters. The van der Waals surface area contributed by atoms with E-state index in [2.05, 4.69) is 21.2 Å². The average molecular weight is 449 g/mol. The van der Waals surface area contributed by atoms with Crippen LogP contribution in [0.15, 0.2) is 36.4 Å². The molecule has 7 heteroatoms. The Kier molecular flexibility index (Phi) is 5.59. The van der Waals surface area contributed by atoms with Crippen molar-refractivity contribution in [1.82, 2.24) is 21.2 Å². The first kappa shape index (κ1) is 21.9. The van der Waals surface area contributed by atoms with Crippen molar-refractivity contribution in [1.29, 1.82) is 0 Å². The van der Waals surface area contributed by atoms with Crippen molar-refractivity contribution in [2.45, 2.75) is 58.4 Å². The maximum absolute atomic E-state index is 13.4. The van der Waals surface area contributed by atoms with Crippen molar-refractivity contribution in [3.8, 4) is 0 Å². The molecule has 1 unspecified atom stereocenters. The number of hydrazine groups is 1. The van der Waals surface area contributed by atoms with Gasteiger partial charge in [0.25, 0.3) is 11.8 Å². The van der Waals surface area contributed by atoms with Gasteiger partial charge in [0.05, 0.1) is 5.52 Å². The molecule has 2 aromatic rings. The van der Waals surface area contributed by atoms with Gasteiger partial charge in [0.2, 0.25) is 5.91 Å². The summed E-state index contributed by atoms with van der Waals surface area (Å²) in [5.41, 5.74) is 5.56. The van der Waals surface area contributed by atoms with Crippen LogP contribution >= 0.6 is 0 Å². The molecule has 1 heterocycles. The summed E-state index contributed by atoms with van der Waals surface area (Å²) >= 11 is 0. The van der Waals surface area contributed by atoms with Crippen LogP contribution in [0.1, 0.15) is 62.9 Å². The third-order valence-corrected chi connectivity index (χ3v) is 7.89. The molecule has 3 N–H and O–H groups in total. The fourth-order valence-corrected chi connectivity index (χ4v) is 6.67. The van der Waals surface area contributed by atoms with Crippen LogP contribution in [0.2, 0.25) is 0 Å². The number of amides is 3. The van der Waals surface area contributed by atoms with Crippen molar-refractivity contribution in [3.63, 3.8) is 0 Å². The summed E-state index contributed by atoms with van der Waals surface area (Å²) in [6.07, 6.45) is 6.62. The minimum Gasteiger partial charge on any atom is -0.344 e. The van der Waals surface area contributed by atoms with Crippen LogP contribution < -0.4 is 16.2 Å². The molecule has 3 amide bonds. The van der Waals surface area contributed by atoms with Crippen LogP contribution in [-0.4, -0.2) is 28.7 Å². The summed E-state index contributed by atoms with van der Waals surface area (Å²) in [4.78, 5) is 43.3. The van der Waals surface area contributed by atoms with Crippen molar-refractivity contribution in [2.75, 3.05) is 0 Å². The van der Waals surface area contributed by atoms with Crippen LogP contribution in [0, 0.1) is 29.1 Å². The van der Waals surface area contributed by atoms with Crippen molar-refractivity contribution in [3.05, 3.63) is 42.1 Å². The lowest BCUT2D eigenvalue weighted by atomic mass is 9.49. The minimum atomic E-state index is -0.713. The molecular weight excluding hydrogens is 416 g/mol. The van der Waals surface area contributed by atoms with Gasteiger partial charge in [-0.2, -0.15) is 0 Å². The Bertz CT molecular complexity index is 1060. The molecule has 0 aliphatic heterocycles. The molecule has 0 radical (unpaired) electrons. The number of hydrogen-bond donors (Lipinski definition) is 3. The highest BCUT2D eigenvalue weighted by molar-refractivity contribution is 5.97. The lowest BCUT2D eigenvalue weighted by Crippen LogP contribution is -2.59. The topological polar surface area (TPSA) is 100 Å². The van der Waals surface area contributed by atoms with Gasteiger partial charge in [-0.25, -0.2) is 4.98 Å². The molecule has 4 saturated carbocycles. The predicted octanol–water partition coefficient (Wildman–Crippen LogP) is 3.35. The molecule has 1 aromatic heterocycles. The minimum absolute atomic E-state index is 0.0120. The Morgan fingerprint density at radius 1 is 0.909 bits per heavy atom. The highest BCUT2D eigenvalue weighted by atomic mass is 16.2. The van der Waals surface area contributed by atoms with Gasteiger partial charge in [0.15, 0.2) is 0 Å². The summed E-state index contributed by atoms with van der Waals surface area (Å²) in [6, 6.07) is 10.3. The third-order valence-electron chi connectivity index (χ3n) is 7.89. The number of para-hydroxylation sites is 1. The van der Waals surface area contributed by atoms with E-state index in [9.17, 15) is 14.4 Å². The van der Waals surface area contributed by atoms with E-state index in [4.69, 9.17) is 0 Å². The third kappa shape index (κ3) is 4.21. The average Bonchev–Trinajstić information content (AvgIpc) is 2.79. The predicted molar refractivity (Wildman–Crippen MR) is 125 cm³/mol. The molecule has 0 spiro atoms. The Balaban J connectivity index is 1.22. The highest BCUT2D eigenvalue weighted by Gasteiger charge is 2.55.